The molecule has 0 radical (unpaired) electrons. The van der Waals surface area contributed by atoms with Gasteiger partial charge in [-0.05, 0) is 25.5 Å². The molecule has 0 aliphatic carbocycles. The molecule has 1 aliphatic rings. The molecule has 1 N–H and O–H groups in total. The number of amides is 2. The van der Waals surface area contributed by atoms with Crippen LogP contribution >= 0.6 is 11.3 Å². The van der Waals surface area contributed by atoms with Gasteiger partial charge in [-0.25, -0.2) is 4.98 Å². The van der Waals surface area contributed by atoms with Crippen molar-refractivity contribution >= 4 is 33.4 Å². The van der Waals surface area contributed by atoms with E-state index >= 15 is 0 Å². The molecule has 5 nitrogen and oxygen atoms in total. The van der Waals surface area contributed by atoms with Gasteiger partial charge in [0, 0.05) is 13.5 Å². The molecular formula is C15H17N3O2S. The van der Waals surface area contributed by atoms with Crippen molar-refractivity contribution in [2.45, 2.75) is 31.8 Å². The van der Waals surface area contributed by atoms with Gasteiger partial charge in [0.2, 0.25) is 11.8 Å². The van der Waals surface area contributed by atoms with Gasteiger partial charge in [0.1, 0.15) is 5.01 Å². The highest BCUT2D eigenvalue weighted by molar-refractivity contribution is 7.18. The first kappa shape index (κ1) is 14.2. The minimum absolute atomic E-state index is 0.0158. The molecule has 0 spiro atoms. The first-order valence-corrected chi connectivity index (χ1v) is 7.80. The second-order valence-corrected chi connectivity index (χ2v) is 6.35. The number of carbonyl (C=O) groups is 2. The quantitative estimate of drug-likeness (QED) is 0.882. The number of aromatic nitrogens is 1. The molecular weight excluding hydrogens is 286 g/mol. The number of imide groups is 1. The van der Waals surface area contributed by atoms with Crippen LogP contribution in [0.3, 0.4) is 0 Å². The van der Waals surface area contributed by atoms with Crippen LogP contribution in [0.5, 0.6) is 0 Å². The van der Waals surface area contributed by atoms with Crippen molar-refractivity contribution in [3.05, 3.63) is 29.3 Å². The number of nitrogens with one attached hydrogen (secondary N) is 1. The molecule has 2 unspecified atom stereocenters. The maximum absolute atomic E-state index is 12.1. The maximum Gasteiger partial charge on any atom is 0.246 e. The Balaban J connectivity index is 1.75. The summed E-state index contributed by atoms with van der Waals surface area (Å²) in [6.45, 7) is 2.00. The first-order chi connectivity index (χ1) is 10.1. The van der Waals surface area contributed by atoms with E-state index in [0.29, 0.717) is 12.8 Å². The minimum atomic E-state index is -0.310. The Kier molecular flexibility index (Phi) is 3.73. The average Bonchev–Trinajstić information content (AvgIpc) is 2.92. The van der Waals surface area contributed by atoms with Gasteiger partial charge in [0.25, 0.3) is 0 Å². The van der Waals surface area contributed by atoms with Gasteiger partial charge >= 0.3 is 0 Å². The van der Waals surface area contributed by atoms with E-state index in [-0.39, 0.29) is 23.9 Å². The molecule has 0 saturated carbocycles. The van der Waals surface area contributed by atoms with Crippen molar-refractivity contribution in [2.24, 2.45) is 0 Å². The number of para-hydroxylation sites is 1. The zero-order valence-corrected chi connectivity index (χ0v) is 12.8. The van der Waals surface area contributed by atoms with Crippen molar-refractivity contribution in [3.8, 4) is 0 Å². The Morgan fingerprint density at radius 2 is 2.14 bits per heavy atom. The lowest BCUT2D eigenvalue weighted by Gasteiger charge is -2.29. The number of fused-ring (bicyclic) bond motifs is 1. The summed E-state index contributed by atoms with van der Waals surface area (Å²) in [5.41, 5.74) is 0.980. The van der Waals surface area contributed by atoms with Gasteiger partial charge in [-0.15, -0.1) is 11.3 Å². The van der Waals surface area contributed by atoms with Gasteiger partial charge < -0.3 is 0 Å². The van der Waals surface area contributed by atoms with E-state index in [1.807, 2.05) is 31.2 Å². The van der Waals surface area contributed by atoms with E-state index in [0.717, 1.165) is 15.2 Å². The van der Waals surface area contributed by atoms with Crippen molar-refractivity contribution in [3.63, 3.8) is 0 Å². The summed E-state index contributed by atoms with van der Waals surface area (Å²) in [6, 6.07) is 7.66. The van der Waals surface area contributed by atoms with E-state index in [4.69, 9.17) is 0 Å². The molecule has 2 aromatic rings. The molecule has 110 valence electrons. The highest BCUT2D eigenvalue weighted by Gasteiger charge is 2.32. The van der Waals surface area contributed by atoms with E-state index in [2.05, 4.69) is 10.3 Å². The van der Waals surface area contributed by atoms with E-state index < -0.39 is 0 Å². The molecule has 2 heterocycles. The number of nitrogens with zero attached hydrogens (tertiary/aromatic N) is 2. The number of hydrogen-bond donors (Lipinski definition) is 1. The summed E-state index contributed by atoms with van der Waals surface area (Å²) in [6.07, 6.45) is 0.962. The third-order valence-corrected chi connectivity index (χ3v) is 5.00. The van der Waals surface area contributed by atoms with Gasteiger partial charge in [-0.3, -0.25) is 19.8 Å². The van der Waals surface area contributed by atoms with Gasteiger partial charge in [-0.2, -0.15) is 0 Å². The summed E-state index contributed by atoms with van der Waals surface area (Å²) in [5, 5.41) is 4.26. The Bertz CT molecular complexity index is 664. The summed E-state index contributed by atoms with van der Waals surface area (Å²) < 4.78 is 1.14. The predicted molar refractivity (Wildman–Crippen MR) is 82.0 cm³/mol. The Morgan fingerprint density at radius 3 is 2.90 bits per heavy atom. The van der Waals surface area contributed by atoms with E-state index in [1.165, 1.54) is 4.90 Å². The molecule has 3 rings (SSSR count). The number of carbonyl (C=O) groups excluding carboxylic acids is 2. The van der Waals surface area contributed by atoms with Crippen molar-refractivity contribution in [1.82, 2.24) is 15.2 Å². The number of thiazole rings is 1. The smallest absolute Gasteiger partial charge is 0.246 e. The Morgan fingerprint density at radius 1 is 1.38 bits per heavy atom. The molecule has 1 fully saturated rings. The SMILES string of the molecule is CC(NC1CCC(=O)N(C)C1=O)c1nc2ccccc2s1. The highest BCUT2D eigenvalue weighted by Crippen LogP contribution is 2.27. The number of piperidine rings is 1. The summed E-state index contributed by atoms with van der Waals surface area (Å²) in [4.78, 5) is 29.4. The standard InChI is InChI=1S/C15H17N3O2S/c1-9(14-17-10-5-3-4-6-12(10)21-14)16-11-7-8-13(19)18(2)15(11)20/h3-6,9,11,16H,7-8H2,1-2H3. The number of likely N-dealkylation sites (tertiary alicyclic amines) is 1. The van der Waals surface area contributed by atoms with Crippen LogP contribution in [0, 0.1) is 0 Å². The second kappa shape index (κ2) is 5.54. The first-order valence-electron chi connectivity index (χ1n) is 6.98. The zero-order chi connectivity index (χ0) is 15.0. The van der Waals surface area contributed by atoms with Crippen molar-refractivity contribution in [2.75, 3.05) is 7.05 Å². The maximum atomic E-state index is 12.1. The van der Waals surface area contributed by atoms with Crippen LogP contribution in [0.2, 0.25) is 0 Å². The summed E-state index contributed by atoms with van der Waals surface area (Å²) in [7, 11) is 1.54. The molecule has 1 aromatic carbocycles. The molecule has 1 aliphatic heterocycles. The molecule has 0 bridgehead atoms. The fourth-order valence-corrected chi connectivity index (χ4v) is 3.50. The van der Waals surface area contributed by atoms with Crippen LogP contribution in [0.25, 0.3) is 10.2 Å². The third-order valence-electron chi connectivity index (χ3n) is 3.78. The lowest BCUT2D eigenvalue weighted by Crippen LogP contribution is -2.51. The number of likely N-dealkylation sites (N-methyl/N-ethyl adjacent to an activating group) is 1. The largest absolute Gasteiger partial charge is 0.297 e. The third kappa shape index (κ3) is 2.69. The minimum Gasteiger partial charge on any atom is -0.297 e. The zero-order valence-electron chi connectivity index (χ0n) is 12.0. The highest BCUT2D eigenvalue weighted by atomic mass is 32.1. The van der Waals surface area contributed by atoms with Crippen LogP contribution in [0.15, 0.2) is 24.3 Å². The molecule has 21 heavy (non-hydrogen) atoms. The van der Waals surface area contributed by atoms with Crippen LogP contribution in [0.4, 0.5) is 0 Å². The molecule has 6 heteroatoms. The average molecular weight is 303 g/mol. The molecule has 1 saturated heterocycles. The molecule has 2 amide bonds. The predicted octanol–water partition coefficient (Wildman–Crippen LogP) is 2.09. The lowest BCUT2D eigenvalue weighted by atomic mass is 10.0. The monoisotopic (exact) mass is 303 g/mol. The Labute approximate surface area is 127 Å². The fraction of sp³-hybridized carbons (Fsp3) is 0.400. The molecule has 2 atom stereocenters. The summed E-state index contributed by atoms with van der Waals surface area (Å²) in [5.74, 6) is -0.259. The van der Waals surface area contributed by atoms with Crippen molar-refractivity contribution < 1.29 is 9.59 Å². The number of benzene rings is 1. The van der Waals surface area contributed by atoms with Gasteiger partial charge in [0.05, 0.1) is 22.3 Å². The van der Waals surface area contributed by atoms with E-state index in [1.54, 1.807) is 18.4 Å². The lowest BCUT2D eigenvalue weighted by molar-refractivity contribution is -0.148. The van der Waals surface area contributed by atoms with E-state index in [9.17, 15) is 9.59 Å². The van der Waals surface area contributed by atoms with Crippen molar-refractivity contribution in [1.29, 1.82) is 0 Å². The Hall–Kier alpha value is -1.79. The van der Waals surface area contributed by atoms with Crippen LogP contribution in [-0.4, -0.2) is 34.8 Å². The second-order valence-electron chi connectivity index (χ2n) is 5.29. The summed E-state index contributed by atoms with van der Waals surface area (Å²) >= 11 is 1.63. The van der Waals surface area contributed by atoms with Crippen LogP contribution in [-0.2, 0) is 9.59 Å². The van der Waals surface area contributed by atoms with Crippen LogP contribution < -0.4 is 5.32 Å². The van der Waals surface area contributed by atoms with Crippen LogP contribution in [0.1, 0.15) is 30.8 Å². The topological polar surface area (TPSA) is 62.3 Å². The fourth-order valence-electron chi connectivity index (χ4n) is 2.52. The van der Waals surface area contributed by atoms with Gasteiger partial charge in [-0.1, -0.05) is 12.1 Å². The molecule has 1 aromatic heterocycles. The number of hydrogen-bond acceptors (Lipinski definition) is 5. The normalized spacial score (nSPS) is 21.0. The number of rotatable bonds is 3. The van der Waals surface area contributed by atoms with Gasteiger partial charge in [0.15, 0.2) is 0 Å².